The van der Waals surface area contributed by atoms with Crippen LogP contribution in [0.1, 0.15) is 25.5 Å². The van der Waals surface area contributed by atoms with Crippen molar-refractivity contribution in [1.82, 2.24) is 4.98 Å². The van der Waals surface area contributed by atoms with Gasteiger partial charge in [0.05, 0.1) is 33.6 Å². The molecule has 3 aromatic rings. The summed E-state index contributed by atoms with van der Waals surface area (Å²) in [5, 5.41) is 5.39. The fourth-order valence-corrected chi connectivity index (χ4v) is 3.42. The maximum atomic E-state index is 5.74. The van der Waals surface area contributed by atoms with E-state index in [1.54, 1.807) is 21.3 Å². The molecule has 0 saturated heterocycles. The summed E-state index contributed by atoms with van der Waals surface area (Å²) in [7, 11) is 6.73. The van der Waals surface area contributed by atoms with Gasteiger partial charge >= 0.3 is 0 Å². The number of pyridine rings is 1. The molecule has 6 heteroatoms. The Kier molecular flexibility index (Phi) is 7.53. The highest BCUT2D eigenvalue weighted by atomic mass is 16.5. The van der Waals surface area contributed by atoms with Crippen molar-refractivity contribution in [2.45, 2.75) is 20.8 Å². The van der Waals surface area contributed by atoms with E-state index >= 15 is 0 Å². The summed E-state index contributed by atoms with van der Waals surface area (Å²) in [5.74, 6) is 2.69. The molecule has 0 atom stereocenters. The van der Waals surface area contributed by atoms with Crippen LogP contribution in [0.2, 0.25) is 0 Å². The van der Waals surface area contributed by atoms with Gasteiger partial charge in [-0.25, -0.2) is 0 Å². The second kappa shape index (κ2) is 9.87. The maximum Gasteiger partial charge on any atom is 0.203 e. The minimum atomic E-state index is 0. The Balaban J connectivity index is 0.00000300. The fraction of sp³-hybridized carbons (Fsp3) is 0.348. The lowest BCUT2D eigenvalue weighted by Crippen LogP contribution is -2.01. The van der Waals surface area contributed by atoms with E-state index in [0.29, 0.717) is 30.3 Å². The molecule has 2 aromatic carbocycles. The average Bonchev–Trinajstić information content (AvgIpc) is 2.73. The average molecular weight is 399 g/mol. The minimum absolute atomic E-state index is 0. The quantitative estimate of drug-likeness (QED) is 0.581. The first-order chi connectivity index (χ1) is 13.7. The SMILES string of the molecule is C.CCOc1ccc2c(Cc3cc(OC)c(OC)c(OC)c3)cncc2c1NC. The molecule has 0 saturated carbocycles. The molecule has 3 rings (SSSR count). The van der Waals surface area contributed by atoms with E-state index in [4.69, 9.17) is 18.9 Å². The zero-order valence-corrected chi connectivity index (χ0v) is 17.0. The third kappa shape index (κ3) is 4.31. The van der Waals surface area contributed by atoms with Gasteiger partial charge in [0.2, 0.25) is 5.75 Å². The van der Waals surface area contributed by atoms with Gasteiger partial charge in [-0.3, -0.25) is 4.98 Å². The van der Waals surface area contributed by atoms with Crippen LogP contribution in [-0.4, -0.2) is 40.0 Å². The van der Waals surface area contributed by atoms with E-state index in [0.717, 1.165) is 33.3 Å². The topological polar surface area (TPSA) is 61.8 Å². The molecule has 0 bridgehead atoms. The molecule has 1 heterocycles. The second-order valence-electron chi connectivity index (χ2n) is 6.23. The van der Waals surface area contributed by atoms with Crippen LogP contribution >= 0.6 is 0 Å². The highest BCUT2D eigenvalue weighted by Crippen LogP contribution is 2.40. The molecule has 0 amide bonds. The predicted octanol–water partition coefficient (Wildman–Crippen LogP) is 4.93. The van der Waals surface area contributed by atoms with E-state index in [1.165, 1.54) is 0 Å². The molecular weight excluding hydrogens is 368 g/mol. The number of methoxy groups -OCH3 is 3. The summed E-state index contributed by atoms with van der Waals surface area (Å²) in [5.41, 5.74) is 3.09. The van der Waals surface area contributed by atoms with E-state index in [1.807, 2.05) is 44.6 Å². The van der Waals surface area contributed by atoms with Gasteiger partial charge in [0.15, 0.2) is 11.5 Å². The van der Waals surface area contributed by atoms with Gasteiger partial charge in [0, 0.05) is 24.8 Å². The summed E-state index contributed by atoms with van der Waals surface area (Å²) >= 11 is 0. The van der Waals surface area contributed by atoms with Crippen LogP contribution in [0.15, 0.2) is 36.7 Å². The van der Waals surface area contributed by atoms with Gasteiger partial charge in [-0.15, -0.1) is 0 Å². The fourth-order valence-electron chi connectivity index (χ4n) is 3.42. The molecular formula is C23H30N2O4. The van der Waals surface area contributed by atoms with Crippen molar-refractivity contribution < 1.29 is 18.9 Å². The molecule has 0 unspecified atom stereocenters. The Hall–Kier alpha value is -3.15. The van der Waals surface area contributed by atoms with E-state index in [-0.39, 0.29) is 7.43 Å². The first-order valence-corrected chi connectivity index (χ1v) is 9.15. The molecule has 0 spiro atoms. The molecule has 1 aromatic heterocycles. The summed E-state index contributed by atoms with van der Waals surface area (Å²) < 4.78 is 22.1. The third-order valence-electron chi connectivity index (χ3n) is 4.66. The summed E-state index contributed by atoms with van der Waals surface area (Å²) in [6.45, 7) is 2.58. The number of aromatic nitrogens is 1. The van der Waals surface area contributed by atoms with Crippen molar-refractivity contribution in [3.05, 3.63) is 47.8 Å². The zero-order chi connectivity index (χ0) is 20.1. The standard InChI is InChI=1S/C22H26N2O4.CH4/c1-6-28-18-8-7-16-15(12-24-13-17(16)21(18)23-2)9-14-10-19(25-3)22(27-5)20(11-14)26-4;/h7-8,10-13,23H,6,9H2,1-5H3;1H4. The lowest BCUT2D eigenvalue weighted by molar-refractivity contribution is 0.324. The van der Waals surface area contributed by atoms with E-state index < -0.39 is 0 Å². The third-order valence-corrected chi connectivity index (χ3v) is 4.66. The molecule has 6 nitrogen and oxygen atoms in total. The van der Waals surface area contributed by atoms with E-state index in [2.05, 4.69) is 16.4 Å². The molecule has 0 aliphatic rings. The summed E-state index contributed by atoms with van der Waals surface area (Å²) in [4.78, 5) is 4.45. The van der Waals surface area contributed by atoms with Crippen LogP contribution in [0, 0.1) is 0 Å². The molecule has 0 aliphatic heterocycles. The number of hydrogen-bond donors (Lipinski definition) is 1. The molecule has 29 heavy (non-hydrogen) atoms. The van der Waals surface area contributed by atoms with E-state index in [9.17, 15) is 0 Å². The first-order valence-electron chi connectivity index (χ1n) is 9.15. The number of fused-ring (bicyclic) bond motifs is 1. The van der Waals surface area contributed by atoms with Crippen LogP contribution in [-0.2, 0) is 6.42 Å². The van der Waals surface area contributed by atoms with Crippen molar-refractivity contribution in [3.8, 4) is 23.0 Å². The van der Waals surface area contributed by atoms with Crippen molar-refractivity contribution in [2.75, 3.05) is 40.3 Å². The smallest absolute Gasteiger partial charge is 0.203 e. The largest absolute Gasteiger partial charge is 0.493 e. The van der Waals surface area contributed by atoms with Crippen molar-refractivity contribution in [2.24, 2.45) is 0 Å². The van der Waals surface area contributed by atoms with Crippen molar-refractivity contribution in [3.63, 3.8) is 0 Å². The van der Waals surface area contributed by atoms with Crippen molar-refractivity contribution >= 4 is 16.5 Å². The lowest BCUT2D eigenvalue weighted by Gasteiger charge is -2.16. The van der Waals surface area contributed by atoms with Gasteiger partial charge in [-0.1, -0.05) is 13.5 Å². The molecule has 0 radical (unpaired) electrons. The first kappa shape index (κ1) is 22.1. The molecule has 0 fully saturated rings. The Labute approximate surface area is 172 Å². The Morgan fingerprint density at radius 1 is 0.897 bits per heavy atom. The van der Waals surface area contributed by atoms with Gasteiger partial charge in [-0.2, -0.15) is 0 Å². The van der Waals surface area contributed by atoms with Crippen LogP contribution < -0.4 is 24.3 Å². The van der Waals surface area contributed by atoms with Crippen molar-refractivity contribution in [1.29, 1.82) is 0 Å². The van der Waals surface area contributed by atoms with Crippen LogP contribution in [0.3, 0.4) is 0 Å². The van der Waals surface area contributed by atoms with Gasteiger partial charge < -0.3 is 24.3 Å². The van der Waals surface area contributed by atoms with Gasteiger partial charge in [0.1, 0.15) is 5.75 Å². The molecule has 0 aliphatic carbocycles. The number of benzene rings is 2. The normalized spacial score (nSPS) is 10.2. The predicted molar refractivity (Wildman–Crippen MR) is 118 cm³/mol. The van der Waals surface area contributed by atoms with Gasteiger partial charge in [0.25, 0.3) is 0 Å². The molecule has 1 N–H and O–H groups in total. The number of nitrogens with zero attached hydrogens (tertiary/aromatic N) is 1. The second-order valence-corrected chi connectivity index (χ2v) is 6.23. The Morgan fingerprint density at radius 3 is 2.14 bits per heavy atom. The summed E-state index contributed by atoms with van der Waals surface area (Å²) in [6, 6.07) is 8.01. The Bertz CT molecular complexity index is 947. The highest BCUT2D eigenvalue weighted by molar-refractivity contribution is 5.98. The zero-order valence-electron chi connectivity index (χ0n) is 17.0. The van der Waals surface area contributed by atoms with Gasteiger partial charge in [-0.05, 0) is 48.1 Å². The number of nitrogens with one attached hydrogen (secondary N) is 1. The monoisotopic (exact) mass is 398 g/mol. The highest BCUT2D eigenvalue weighted by Gasteiger charge is 2.15. The number of hydrogen-bond acceptors (Lipinski definition) is 6. The number of anilines is 1. The molecule has 156 valence electrons. The number of rotatable bonds is 8. The minimum Gasteiger partial charge on any atom is -0.493 e. The Morgan fingerprint density at radius 2 is 1.59 bits per heavy atom. The number of ether oxygens (including phenoxy) is 4. The lowest BCUT2D eigenvalue weighted by atomic mass is 9.99. The summed E-state index contributed by atoms with van der Waals surface area (Å²) in [6.07, 6.45) is 4.44. The van der Waals surface area contributed by atoms with Crippen LogP contribution in [0.5, 0.6) is 23.0 Å². The van der Waals surface area contributed by atoms with Crippen LogP contribution in [0.25, 0.3) is 10.8 Å². The maximum absolute atomic E-state index is 5.74. The van der Waals surface area contributed by atoms with Crippen LogP contribution in [0.4, 0.5) is 5.69 Å².